The van der Waals surface area contributed by atoms with Crippen LogP contribution in [0.4, 0.5) is 0 Å². The Morgan fingerprint density at radius 2 is 2.15 bits per heavy atom. The van der Waals surface area contributed by atoms with Crippen LogP contribution in [0.2, 0.25) is 0 Å². The molecule has 0 aliphatic carbocycles. The molecule has 2 fully saturated rings. The number of aromatic nitrogens is 1. The summed E-state index contributed by atoms with van der Waals surface area (Å²) in [5.41, 5.74) is 1.12. The molecule has 1 aromatic heterocycles. The van der Waals surface area contributed by atoms with Crippen molar-refractivity contribution in [1.29, 1.82) is 0 Å². The molecule has 8 heteroatoms. The van der Waals surface area contributed by atoms with E-state index in [9.17, 15) is 0 Å². The SMILES string of the molecule is CCCOc1ccc(CNC(=NC)N2CCC(N3CCOCC3)C2)cn1.I. The predicted octanol–water partition coefficient (Wildman–Crippen LogP) is 1.97. The molecule has 152 valence electrons. The first kappa shape index (κ1) is 22.2. The first-order valence-corrected chi connectivity index (χ1v) is 9.65. The van der Waals surface area contributed by atoms with Crippen molar-refractivity contribution >= 4 is 29.9 Å². The van der Waals surface area contributed by atoms with Gasteiger partial charge in [0.15, 0.2) is 5.96 Å². The standard InChI is InChI=1S/C19H31N5O2.HI/c1-3-10-26-18-5-4-16(13-21-18)14-22-19(20-2)24-7-6-17(15-24)23-8-11-25-12-9-23;/h4-5,13,17H,3,6-12,14-15H2,1-2H3,(H,20,22);1H. The number of nitrogens with one attached hydrogen (secondary N) is 1. The van der Waals surface area contributed by atoms with E-state index in [0.29, 0.717) is 25.1 Å². The van der Waals surface area contributed by atoms with Gasteiger partial charge in [-0.2, -0.15) is 0 Å². The Labute approximate surface area is 179 Å². The summed E-state index contributed by atoms with van der Waals surface area (Å²) in [6, 6.07) is 4.59. The highest BCUT2D eigenvalue weighted by atomic mass is 127. The number of nitrogens with zero attached hydrogens (tertiary/aromatic N) is 4. The summed E-state index contributed by atoms with van der Waals surface area (Å²) < 4.78 is 11.0. The maximum absolute atomic E-state index is 5.53. The third-order valence-corrected chi connectivity index (χ3v) is 4.94. The second-order valence-electron chi connectivity index (χ2n) is 6.79. The first-order valence-electron chi connectivity index (χ1n) is 9.65. The van der Waals surface area contributed by atoms with Crippen molar-refractivity contribution in [3.8, 4) is 5.88 Å². The second-order valence-corrected chi connectivity index (χ2v) is 6.79. The highest BCUT2D eigenvalue weighted by molar-refractivity contribution is 14.0. The van der Waals surface area contributed by atoms with Crippen molar-refractivity contribution < 1.29 is 9.47 Å². The van der Waals surface area contributed by atoms with Gasteiger partial charge in [0.05, 0.1) is 19.8 Å². The average molecular weight is 489 g/mol. The van der Waals surface area contributed by atoms with Gasteiger partial charge in [-0.05, 0) is 18.4 Å². The molecule has 27 heavy (non-hydrogen) atoms. The molecule has 1 atom stereocenters. The number of halogens is 1. The molecule has 0 amide bonds. The lowest BCUT2D eigenvalue weighted by atomic mass is 10.2. The number of hydrogen-bond acceptors (Lipinski definition) is 5. The maximum atomic E-state index is 5.53. The zero-order chi connectivity index (χ0) is 18.2. The number of pyridine rings is 1. The number of aliphatic imine (C=N–C) groups is 1. The molecule has 0 bridgehead atoms. The van der Waals surface area contributed by atoms with E-state index in [1.807, 2.05) is 19.3 Å². The van der Waals surface area contributed by atoms with Crippen molar-refractivity contribution in [2.45, 2.75) is 32.4 Å². The molecule has 0 saturated carbocycles. The van der Waals surface area contributed by atoms with Gasteiger partial charge < -0.3 is 19.7 Å². The molecule has 2 aliphatic rings. The molecule has 1 aromatic rings. The van der Waals surface area contributed by atoms with Gasteiger partial charge >= 0.3 is 0 Å². The number of morpholine rings is 1. The van der Waals surface area contributed by atoms with Gasteiger partial charge in [-0.15, -0.1) is 24.0 Å². The fourth-order valence-electron chi connectivity index (χ4n) is 3.50. The molecule has 1 unspecified atom stereocenters. The average Bonchev–Trinajstić information content (AvgIpc) is 3.18. The van der Waals surface area contributed by atoms with Crippen LogP contribution < -0.4 is 10.1 Å². The second kappa shape index (κ2) is 11.7. The predicted molar refractivity (Wildman–Crippen MR) is 118 cm³/mol. The van der Waals surface area contributed by atoms with Gasteiger partial charge in [0.2, 0.25) is 5.88 Å². The van der Waals surface area contributed by atoms with Crippen LogP contribution in [0.5, 0.6) is 5.88 Å². The largest absolute Gasteiger partial charge is 0.478 e. The van der Waals surface area contributed by atoms with E-state index in [2.05, 4.69) is 38.1 Å². The maximum Gasteiger partial charge on any atom is 0.213 e. The van der Waals surface area contributed by atoms with Crippen molar-refractivity contribution in [3.05, 3.63) is 23.9 Å². The van der Waals surface area contributed by atoms with Crippen molar-refractivity contribution in [1.82, 2.24) is 20.1 Å². The van der Waals surface area contributed by atoms with Crippen LogP contribution in [0.15, 0.2) is 23.3 Å². The smallest absolute Gasteiger partial charge is 0.213 e. The first-order chi connectivity index (χ1) is 12.8. The van der Waals surface area contributed by atoms with Crippen molar-refractivity contribution in [2.24, 2.45) is 4.99 Å². The Hall–Kier alpha value is -1.13. The summed E-state index contributed by atoms with van der Waals surface area (Å²) in [5, 5.41) is 3.47. The van der Waals surface area contributed by atoms with Gasteiger partial charge in [0.25, 0.3) is 0 Å². The van der Waals surface area contributed by atoms with Gasteiger partial charge in [-0.3, -0.25) is 9.89 Å². The van der Waals surface area contributed by atoms with E-state index >= 15 is 0 Å². The molecule has 3 heterocycles. The van der Waals surface area contributed by atoms with Gasteiger partial charge in [0.1, 0.15) is 0 Å². The summed E-state index contributed by atoms with van der Waals surface area (Å²) in [5.74, 6) is 1.65. The van der Waals surface area contributed by atoms with Crippen LogP contribution >= 0.6 is 24.0 Å². The number of rotatable bonds is 6. The van der Waals surface area contributed by atoms with Crippen LogP contribution in [0, 0.1) is 0 Å². The Balaban J connectivity index is 0.00000261. The third-order valence-electron chi connectivity index (χ3n) is 4.94. The Kier molecular flexibility index (Phi) is 9.57. The highest BCUT2D eigenvalue weighted by Crippen LogP contribution is 2.17. The zero-order valence-electron chi connectivity index (χ0n) is 16.4. The fourth-order valence-corrected chi connectivity index (χ4v) is 3.50. The minimum atomic E-state index is 0. The normalized spacial score (nSPS) is 21.0. The molecular formula is C19H32IN5O2. The molecular weight excluding hydrogens is 457 g/mol. The van der Waals surface area contributed by atoms with E-state index in [0.717, 1.165) is 57.3 Å². The fraction of sp³-hybridized carbons (Fsp3) is 0.684. The number of likely N-dealkylation sites (tertiary alicyclic amines) is 1. The number of ether oxygens (including phenoxy) is 2. The summed E-state index contributed by atoms with van der Waals surface area (Å²) in [6.45, 7) is 9.38. The minimum absolute atomic E-state index is 0. The summed E-state index contributed by atoms with van der Waals surface area (Å²) in [4.78, 5) is 13.7. The molecule has 0 aromatic carbocycles. The zero-order valence-corrected chi connectivity index (χ0v) is 18.7. The van der Waals surface area contributed by atoms with E-state index in [1.54, 1.807) is 0 Å². The lowest BCUT2D eigenvalue weighted by Crippen LogP contribution is -2.46. The van der Waals surface area contributed by atoms with E-state index < -0.39 is 0 Å². The third kappa shape index (κ3) is 6.46. The van der Waals surface area contributed by atoms with Gasteiger partial charge in [-0.1, -0.05) is 13.0 Å². The van der Waals surface area contributed by atoms with Crippen LogP contribution in [0.3, 0.4) is 0 Å². The summed E-state index contributed by atoms with van der Waals surface area (Å²) in [7, 11) is 1.85. The topological polar surface area (TPSA) is 62.2 Å². The summed E-state index contributed by atoms with van der Waals surface area (Å²) >= 11 is 0. The molecule has 1 N–H and O–H groups in total. The molecule has 2 saturated heterocycles. The molecule has 7 nitrogen and oxygen atoms in total. The Morgan fingerprint density at radius 1 is 1.33 bits per heavy atom. The van der Waals surface area contributed by atoms with Crippen LogP contribution in [0.1, 0.15) is 25.3 Å². The summed E-state index contributed by atoms with van der Waals surface area (Å²) in [6.07, 6.45) is 4.04. The van der Waals surface area contributed by atoms with Gasteiger partial charge in [-0.25, -0.2) is 4.98 Å². The molecule has 0 spiro atoms. The van der Waals surface area contributed by atoms with E-state index in [4.69, 9.17) is 9.47 Å². The van der Waals surface area contributed by atoms with Crippen molar-refractivity contribution in [2.75, 3.05) is 53.0 Å². The lowest BCUT2D eigenvalue weighted by Gasteiger charge is -2.32. The monoisotopic (exact) mass is 489 g/mol. The van der Waals surface area contributed by atoms with E-state index in [1.165, 1.54) is 6.42 Å². The Morgan fingerprint density at radius 3 is 2.81 bits per heavy atom. The van der Waals surface area contributed by atoms with Gasteiger partial charge in [0, 0.05) is 58.1 Å². The molecule has 0 radical (unpaired) electrons. The molecule has 3 rings (SSSR count). The minimum Gasteiger partial charge on any atom is -0.478 e. The van der Waals surface area contributed by atoms with Crippen LogP contribution in [-0.2, 0) is 11.3 Å². The number of hydrogen-bond donors (Lipinski definition) is 1. The highest BCUT2D eigenvalue weighted by Gasteiger charge is 2.30. The number of guanidine groups is 1. The quantitative estimate of drug-likeness (QED) is 0.375. The van der Waals surface area contributed by atoms with E-state index in [-0.39, 0.29) is 24.0 Å². The van der Waals surface area contributed by atoms with Crippen molar-refractivity contribution in [3.63, 3.8) is 0 Å². The van der Waals surface area contributed by atoms with Crippen LogP contribution in [0.25, 0.3) is 0 Å². The van der Waals surface area contributed by atoms with Crippen LogP contribution in [-0.4, -0.2) is 79.8 Å². The Bertz CT molecular complexity index is 578. The molecule has 2 aliphatic heterocycles. The lowest BCUT2D eigenvalue weighted by molar-refractivity contribution is 0.0195.